The molecule has 1 heterocycles. The summed E-state index contributed by atoms with van der Waals surface area (Å²) >= 11 is 0. The number of nitrogens with zero attached hydrogens (tertiary/aromatic N) is 1. The number of alkyl halides is 3. The van der Waals surface area contributed by atoms with Gasteiger partial charge in [-0.15, -0.1) is 0 Å². The summed E-state index contributed by atoms with van der Waals surface area (Å²) in [6.45, 7) is 10.8. The van der Waals surface area contributed by atoms with Crippen molar-refractivity contribution < 1.29 is 28.1 Å². The molecule has 2 spiro atoms. The smallest absolute Gasteiger partial charge is 0.393 e. The van der Waals surface area contributed by atoms with Gasteiger partial charge in [0.1, 0.15) is 0 Å². The summed E-state index contributed by atoms with van der Waals surface area (Å²) in [4.78, 5) is 1.32. The van der Waals surface area contributed by atoms with Crippen LogP contribution in [0.5, 0.6) is 0 Å². The van der Waals surface area contributed by atoms with Crippen LogP contribution in [0.3, 0.4) is 0 Å². The van der Waals surface area contributed by atoms with Crippen molar-refractivity contribution in [3.05, 3.63) is 0 Å². The highest BCUT2D eigenvalue weighted by atomic mass is 19.4. The largest absolute Gasteiger partial charge is 0.401 e. The molecule has 3 unspecified atom stereocenters. The van der Waals surface area contributed by atoms with E-state index in [0.717, 1.165) is 38.5 Å². The second-order valence-corrected chi connectivity index (χ2v) is 15.5. The monoisotopic (exact) mass is 527 g/mol. The van der Waals surface area contributed by atoms with Crippen LogP contribution in [0.4, 0.5) is 13.2 Å². The van der Waals surface area contributed by atoms with Crippen LogP contribution >= 0.6 is 0 Å². The number of fused-ring (bicyclic) bond motifs is 4. The summed E-state index contributed by atoms with van der Waals surface area (Å²) in [5.41, 5.74) is 0.174. The van der Waals surface area contributed by atoms with E-state index in [4.69, 9.17) is 4.74 Å². The van der Waals surface area contributed by atoms with Crippen molar-refractivity contribution in [2.45, 2.75) is 117 Å². The molecule has 0 radical (unpaired) electrons. The Kier molecular flexibility index (Phi) is 5.72. The van der Waals surface area contributed by atoms with Gasteiger partial charge in [0.15, 0.2) is 0 Å². The Bertz CT molecular complexity index is 942. The van der Waals surface area contributed by atoms with Crippen molar-refractivity contribution in [2.24, 2.45) is 50.7 Å². The molecular formula is C30H48F3NO3. The molecule has 1 saturated heterocycles. The minimum atomic E-state index is -4.22. The molecule has 6 aliphatic rings. The number of hydrogen-bond donors (Lipinski definition) is 2. The first-order valence-corrected chi connectivity index (χ1v) is 14.8. The fourth-order valence-electron chi connectivity index (χ4n) is 12.2. The molecule has 12 atom stereocenters. The first-order chi connectivity index (χ1) is 17.0. The lowest BCUT2D eigenvalue weighted by Gasteiger charge is -2.63. The van der Waals surface area contributed by atoms with E-state index >= 15 is 0 Å². The van der Waals surface area contributed by atoms with Gasteiger partial charge in [-0.2, -0.15) is 13.2 Å². The van der Waals surface area contributed by atoms with Crippen LogP contribution in [0.1, 0.15) is 86.0 Å². The van der Waals surface area contributed by atoms with Gasteiger partial charge < -0.3 is 14.9 Å². The quantitative estimate of drug-likeness (QED) is 0.498. The van der Waals surface area contributed by atoms with E-state index in [1.54, 1.807) is 0 Å². The molecule has 0 aromatic heterocycles. The van der Waals surface area contributed by atoms with E-state index in [1.165, 1.54) is 24.8 Å². The molecule has 1 aliphatic heterocycles. The molecule has 6 fully saturated rings. The van der Waals surface area contributed by atoms with E-state index in [-0.39, 0.29) is 52.4 Å². The van der Waals surface area contributed by atoms with Crippen molar-refractivity contribution in [3.8, 4) is 0 Å². The first-order valence-electron chi connectivity index (χ1n) is 14.8. The van der Waals surface area contributed by atoms with Gasteiger partial charge in [-0.25, -0.2) is 0 Å². The third kappa shape index (κ3) is 3.29. The predicted molar refractivity (Wildman–Crippen MR) is 136 cm³/mol. The summed E-state index contributed by atoms with van der Waals surface area (Å²) in [5.74, 6) is 1.50. The van der Waals surface area contributed by atoms with E-state index < -0.39 is 18.8 Å². The maximum atomic E-state index is 13.0. The van der Waals surface area contributed by atoms with Crippen LogP contribution in [0.25, 0.3) is 0 Å². The molecule has 2 N–H and O–H groups in total. The Morgan fingerprint density at radius 2 is 1.59 bits per heavy atom. The number of hydrogen-bond acceptors (Lipinski definition) is 4. The van der Waals surface area contributed by atoms with Crippen molar-refractivity contribution in [1.29, 1.82) is 0 Å². The van der Waals surface area contributed by atoms with Crippen LogP contribution in [0.15, 0.2) is 0 Å². The normalized spacial score (nSPS) is 56.1. The van der Waals surface area contributed by atoms with E-state index in [0.29, 0.717) is 23.2 Å². The summed E-state index contributed by atoms with van der Waals surface area (Å²) < 4.78 is 45.5. The molecule has 0 amide bonds. The third-order valence-corrected chi connectivity index (χ3v) is 13.8. The number of likely N-dealkylation sites (N-methyl/N-ethyl adjacent to an activating group) is 1. The van der Waals surface area contributed by atoms with Gasteiger partial charge in [-0.3, -0.25) is 4.90 Å². The summed E-state index contributed by atoms with van der Waals surface area (Å²) in [5, 5.41) is 23.0. The Morgan fingerprint density at radius 1 is 0.946 bits per heavy atom. The molecule has 5 saturated carbocycles. The van der Waals surface area contributed by atoms with Gasteiger partial charge in [-0.1, -0.05) is 34.6 Å². The second kappa shape index (κ2) is 7.88. The maximum absolute atomic E-state index is 13.0. The minimum Gasteiger partial charge on any atom is -0.393 e. The van der Waals surface area contributed by atoms with Gasteiger partial charge in [0.25, 0.3) is 0 Å². The van der Waals surface area contributed by atoms with E-state index in [2.05, 4.69) is 34.6 Å². The zero-order valence-electron chi connectivity index (χ0n) is 23.6. The lowest BCUT2D eigenvalue weighted by atomic mass is 9.41. The van der Waals surface area contributed by atoms with Crippen LogP contribution in [0.2, 0.25) is 0 Å². The standard InChI is InChI=1S/C30H48F3NO3/c1-17-13-18(14-34(6)16-30(31,32)33)37-23-22(17)26(4)11-12-29-15-28(29)10-9-21(35)25(2,3)19(28)7-8-20(29)27(26,5)24(23)36/h17-24,35-36H,7-16H2,1-6H3/t17-,18-,19?,20?,21+,22?,23+,24+,26-,27-,28-,29+/m1/s1. The lowest BCUT2D eigenvalue weighted by molar-refractivity contribution is -0.182. The highest BCUT2D eigenvalue weighted by molar-refractivity contribution is 5.32. The zero-order chi connectivity index (χ0) is 27.0. The lowest BCUT2D eigenvalue weighted by Crippen LogP contribution is -2.59. The third-order valence-electron chi connectivity index (χ3n) is 13.8. The van der Waals surface area contributed by atoms with Crippen molar-refractivity contribution in [1.82, 2.24) is 4.90 Å². The van der Waals surface area contributed by atoms with E-state index in [9.17, 15) is 23.4 Å². The first kappa shape index (κ1) is 26.8. The van der Waals surface area contributed by atoms with Crippen LogP contribution in [-0.4, -0.2) is 65.8 Å². The SMILES string of the molecule is C[C@@H]1C[C@H](CN(C)CC(F)(F)F)O[C@H]2C1[C@@]1(C)CC[C@@]34C[C@@]35CC[C@H](O)C(C)(C)C5CCC4[C@]1(C)[C@H]2O. The maximum Gasteiger partial charge on any atom is 0.401 e. The van der Waals surface area contributed by atoms with Crippen molar-refractivity contribution >= 4 is 0 Å². The van der Waals surface area contributed by atoms with Gasteiger partial charge in [0.05, 0.1) is 31.0 Å². The van der Waals surface area contributed by atoms with E-state index in [1.807, 2.05) is 0 Å². The van der Waals surface area contributed by atoms with Gasteiger partial charge in [0, 0.05) is 12.0 Å². The number of ether oxygens (including phenoxy) is 1. The van der Waals surface area contributed by atoms with Crippen LogP contribution in [0, 0.1) is 50.7 Å². The molecular weight excluding hydrogens is 479 g/mol. The molecule has 5 aliphatic carbocycles. The molecule has 6 rings (SSSR count). The van der Waals surface area contributed by atoms with Gasteiger partial charge in [0.2, 0.25) is 0 Å². The number of halogens is 3. The molecule has 0 aromatic rings. The minimum absolute atomic E-state index is 0.0461. The molecule has 7 heteroatoms. The van der Waals surface area contributed by atoms with Crippen LogP contribution in [-0.2, 0) is 4.74 Å². The Hall–Kier alpha value is -0.370. The Labute approximate surface area is 220 Å². The Balaban J connectivity index is 1.29. The highest BCUT2D eigenvalue weighted by Gasteiger charge is 2.84. The fourth-order valence-corrected chi connectivity index (χ4v) is 12.2. The van der Waals surface area contributed by atoms with Gasteiger partial charge in [-0.05, 0) is 104 Å². The summed E-state index contributed by atoms with van der Waals surface area (Å²) in [6.07, 6.45) is 2.81. The summed E-state index contributed by atoms with van der Waals surface area (Å²) in [6, 6.07) is 0. The molecule has 212 valence electrons. The topological polar surface area (TPSA) is 52.9 Å². The fraction of sp³-hybridized carbons (Fsp3) is 1.00. The molecule has 0 bridgehead atoms. The average Bonchev–Trinajstić information content (AvgIpc) is 3.40. The number of rotatable bonds is 3. The zero-order valence-corrected chi connectivity index (χ0v) is 23.6. The highest BCUT2D eigenvalue weighted by Crippen LogP contribution is 2.89. The average molecular weight is 528 g/mol. The van der Waals surface area contributed by atoms with Crippen molar-refractivity contribution in [3.63, 3.8) is 0 Å². The second-order valence-electron chi connectivity index (χ2n) is 15.5. The van der Waals surface area contributed by atoms with Crippen LogP contribution < -0.4 is 0 Å². The molecule has 37 heavy (non-hydrogen) atoms. The summed E-state index contributed by atoms with van der Waals surface area (Å²) in [7, 11) is 1.51. The molecule has 0 aromatic carbocycles. The van der Waals surface area contributed by atoms with Crippen molar-refractivity contribution in [2.75, 3.05) is 20.1 Å². The Morgan fingerprint density at radius 3 is 2.27 bits per heavy atom. The molecule has 4 nitrogen and oxygen atoms in total. The number of aliphatic hydroxyl groups excluding tert-OH is 2. The predicted octanol–water partition coefficient (Wildman–Crippen LogP) is 5.65. The van der Waals surface area contributed by atoms with Gasteiger partial charge >= 0.3 is 6.18 Å². The number of aliphatic hydroxyl groups is 2.